The van der Waals surface area contributed by atoms with Gasteiger partial charge in [0.1, 0.15) is 17.4 Å². The number of urea groups is 1. The van der Waals surface area contributed by atoms with Crippen molar-refractivity contribution in [2.24, 2.45) is 0 Å². The fraction of sp³-hybridized carbons (Fsp3) is 0.333. The van der Waals surface area contributed by atoms with E-state index in [1.807, 2.05) is 0 Å². The summed E-state index contributed by atoms with van der Waals surface area (Å²) in [5, 5.41) is 5.16. The number of hydrogen-bond donors (Lipinski definition) is 2. The lowest BCUT2D eigenvalue weighted by molar-refractivity contribution is -0.136. The normalized spacial score (nSPS) is 22.4. The Morgan fingerprint density at radius 3 is 2.74 bits per heavy atom. The molecular formula is C24H21FN4O5. The Bertz CT molecular complexity index is 1270. The first-order valence-corrected chi connectivity index (χ1v) is 11.1. The molecule has 0 aliphatic carbocycles. The lowest BCUT2D eigenvalue weighted by Gasteiger charge is -2.44. The summed E-state index contributed by atoms with van der Waals surface area (Å²) in [5.41, 5.74) is 2.05. The van der Waals surface area contributed by atoms with Crippen LogP contribution in [0, 0.1) is 5.82 Å². The van der Waals surface area contributed by atoms with E-state index in [9.17, 15) is 23.6 Å². The van der Waals surface area contributed by atoms with Gasteiger partial charge in [-0.15, -0.1) is 0 Å². The number of hydrogen-bond acceptors (Lipinski definition) is 5. The van der Waals surface area contributed by atoms with E-state index in [-0.39, 0.29) is 37.0 Å². The molecule has 174 valence electrons. The molecule has 1 spiro atoms. The van der Waals surface area contributed by atoms with Crippen molar-refractivity contribution in [1.82, 2.24) is 10.2 Å². The van der Waals surface area contributed by atoms with Gasteiger partial charge in [0.25, 0.3) is 5.91 Å². The minimum Gasteiger partial charge on any atom is -0.376 e. The molecule has 34 heavy (non-hydrogen) atoms. The number of halogens is 1. The molecule has 2 aromatic carbocycles. The molecule has 2 aromatic rings. The van der Waals surface area contributed by atoms with E-state index in [0.717, 1.165) is 0 Å². The Labute approximate surface area is 193 Å². The summed E-state index contributed by atoms with van der Waals surface area (Å²) in [6.45, 7) is 0.863. The second-order valence-corrected chi connectivity index (χ2v) is 9.17. The second-order valence-electron chi connectivity index (χ2n) is 9.17. The highest BCUT2D eigenvalue weighted by molar-refractivity contribution is 6.07. The van der Waals surface area contributed by atoms with E-state index in [0.29, 0.717) is 47.7 Å². The minimum absolute atomic E-state index is 0.182. The van der Waals surface area contributed by atoms with Crippen LogP contribution in [0.15, 0.2) is 36.4 Å². The summed E-state index contributed by atoms with van der Waals surface area (Å²) in [6.07, 6.45) is 0.853. The topological polar surface area (TPSA) is 108 Å². The molecule has 4 aliphatic rings. The molecule has 4 heterocycles. The zero-order valence-electron chi connectivity index (χ0n) is 18.1. The van der Waals surface area contributed by atoms with Gasteiger partial charge in [0.05, 0.1) is 18.9 Å². The molecule has 0 aromatic heterocycles. The Balaban J connectivity index is 1.23. The maximum Gasteiger partial charge on any atom is 0.327 e. The van der Waals surface area contributed by atoms with E-state index in [1.165, 1.54) is 11.0 Å². The minimum atomic E-state index is -0.704. The van der Waals surface area contributed by atoms with Gasteiger partial charge in [0.15, 0.2) is 0 Å². The number of nitrogens with zero attached hydrogens (tertiary/aromatic N) is 2. The molecule has 2 saturated heterocycles. The molecule has 10 heteroatoms. The maximum absolute atomic E-state index is 14.4. The van der Waals surface area contributed by atoms with Crippen molar-refractivity contribution >= 4 is 35.1 Å². The van der Waals surface area contributed by atoms with Crippen molar-refractivity contribution in [3.8, 4) is 0 Å². The average molecular weight is 464 g/mol. The molecule has 0 bridgehead atoms. The van der Waals surface area contributed by atoms with Gasteiger partial charge >= 0.3 is 6.03 Å². The number of imide groups is 1. The van der Waals surface area contributed by atoms with Crippen molar-refractivity contribution < 1.29 is 28.3 Å². The third-order valence-corrected chi connectivity index (χ3v) is 7.03. The number of benzene rings is 2. The third-order valence-electron chi connectivity index (χ3n) is 7.03. The molecule has 0 radical (unpaired) electrons. The van der Waals surface area contributed by atoms with Gasteiger partial charge in [0.2, 0.25) is 11.8 Å². The first-order valence-electron chi connectivity index (χ1n) is 11.1. The monoisotopic (exact) mass is 464 g/mol. The number of amides is 5. The van der Waals surface area contributed by atoms with Gasteiger partial charge in [-0.25, -0.2) is 9.18 Å². The van der Waals surface area contributed by atoms with Crippen LogP contribution >= 0.6 is 0 Å². The van der Waals surface area contributed by atoms with Crippen LogP contribution in [0.3, 0.4) is 0 Å². The van der Waals surface area contributed by atoms with Crippen molar-refractivity contribution in [3.05, 3.63) is 58.9 Å². The van der Waals surface area contributed by atoms with Crippen LogP contribution in [-0.4, -0.2) is 53.4 Å². The lowest BCUT2D eigenvalue weighted by Crippen LogP contribution is -2.63. The zero-order chi connectivity index (χ0) is 23.6. The summed E-state index contributed by atoms with van der Waals surface area (Å²) in [7, 11) is 0. The van der Waals surface area contributed by atoms with Crippen LogP contribution in [0.5, 0.6) is 0 Å². The molecule has 4 aliphatic heterocycles. The van der Waals surface area contributed by atoms with Gasteiger partial charge in [-0.3, -0.25) is 24.6 Å². The largest absolute Gasteiger partial charge is 0.376 e. The van der Waals surface area contributed by atoms with Crippen LogP contribution in [-0.2, 0) is 27.3 Å². The van der Waals surface area contributed by atoms with Gasteiger partial charge in [-0.2, -0.15) is 0 Å². The Morgan fingerprint density at radius 1 is 1.18 bits per heavy atom. The summed E-state index contributed by atoms with van der Waals surface area (Å²) in [4.78, 5) is 52.9. The molecule has 2 fully saturated rings. The highest BCUT2D eigenvalue weighted by atomic mass is 19.1. The summed E-state index contributed by atoms with van der Waals surface area (Å²) >= 11 is 0. The first kappa shape index (κ1) is 20.8. The SMILES string of the molecule is O=C1CCC(N2Cc3cc(NC(=O)N4c5cccc(F)c5CC45COC5)ccc3C2=O)C(=O)N1. The molecule has 6 rings (SSSR count). The lowest BCUT2D eigenvalue weighted by atomic mass is 9.92. The number of nitrogens with one attached hydrogen (secondary N) is 2. The standard InChI is InChI=1S/C24H21FN4O5/c25-17-2-1-3-18-16(17)9-24(11-34-12-24)29(18)23(33)26-14-4-5-15-13(8-14)10-28(22(15)32)19-6-7-20(30)27-21(19)31/h1-5,8,19H,6-7,9-12H2,(H,26,33)(H,27,30,31). The van der Waals surface area contributed by atoms with Crippen molar-refractivity contribution in [3.63, 3.8) is 0 Å². The number of carbonyl (C=O) groups is 4. The summed E-state index contributed by atoms with van der Waals surface area (Å²) < 4.78 is 19.8. The molecule has 9 nitrogen and oxygen atoms in total. The van der Waals surface area contributed by atoms with Crippen LogP contribution < -0.4 is 15.5 Å². The van der Waals surface area contributed by atoms with E-state index in [2.05, 4.69) is 10.6 Å². The van der Waals surface area contributed by atoms with E-state index in [1.54, 1.807) is 35.2 Å². The number of piperidine rings is 1. The van der Waals surface area contributed by atoms with Crippen LogP contribution in [0.2, 0.25) is 0 Å². The summed E-state index contributed by atoms with van der Waals surface area (Å²) in [6, 6.07) is 8.56. The average Bonchev–Trinajstić information content (AvgIpc) is 3.30. The van der Waals surface area contributed by atoms with E-state index < -0.39 is 23.5 Å². The highest BCUT2D eigenvalue weighted by Gasteiger charge is 2.53. The van der Waals surface area contributed by atoms with Crippen LogP contribution in [0.4, 0.5) is 20.6 Å². The quantitative estimate of drug-likeness (QED) is 0.661. The Hall–Kier alpha value is -3.79. The zero-order valence-corrected chi connectivity index (χ0v) is 18.1. The number of rotatable bonds is 2. The predicted octanol–water partition coefficient (Wildman–Crippen LogP) is 1.95. The number of ether oxygens (including phenoxy) is 1. The fourth-order valence-corrected chi connectivity index (χ4v) is 5.32. The molecular weight excluding hydrogens is 443 g/mol. The Kier molecular flexibility index (Phi) is 4.50. The van der Waals surface area contributed by atoms with Gasteiger partial charge in [0, 0.05) is 36.2 Å². The maximum atomic E-state index is 14.4. The molecule has 2 N–H and O–H groups in total. The van der Waals surface area contributed by atoms with Gasteiger partial charge in [-0.1, -0.05) is 6.07 Å². The molecule has 1 unspecified atom stereocenters. The third kappa shape index (κ3) is 3.02. The predicted molar refractivity (Wildman–Crippen MR) is 118 cm³/mol. The van der Waals surface area contributed by atoms with Crippen LogP contribution in [0.25, 0.3) is 0 Å². The fourth-order valence-electron chi connectivity index (χ4n) is 5.32. The van der Waals surface area contributed by atoms with Crippen molar-refractivity contribution in [2.45, 2.75) is 37.4 Å². The van der Waals surface area contributed by atoms with Crippen molar-refractivity contribution in [2.75, 3.05) is 23.4 Å². The van der Waals surface area contributed by atoms with Crippen molar-refractivity contribution in [1.29, 1.82) is 0 Å². The number of fused-ring (bicyclic) bond motifs is 2. The van der Waals surface area contributed by atoms with E-state index >= 15 is 0 Å². The molecule has 1 atom stereocenters. The smallest absolute Gasteiger partial charge is 0.327 e. The van der Waals surface area contributed by atoms with Gasteiger partial charge in [-0.05, 0) is 42.3 Å². The summed E-state index contributed by atoms with van der Waals surface area (Å²) in [5.74, 6) is -1.44. The van der Waals surface area contributed by atoms with Gasteiger partial charge < -0.3 is 15.0 Å². The highest BCUT2D eigenvalue weighted by Crippen LogP contribution is 2.44. The number of anilines is 2. The van der Waals surface area contributed by atoms with Crippen LogP contribution in [0.1, 0.15) is 34.3 Å². The van der Waals surface area contributed by atoms with E-state index in [4.69, 9.17) is 4.74 Å². The molecule has 5 amide bonds. The number of carbonyl (C=O) groups excluding carboxylic acids is 4. The Morgan fingerprint density at radius 2 is 2.00 bits per heavy atom. The molecule has 0 saturated carbocycles. The first-order chi connectivity index (χ1) is 16.4. The second kappa shape index (κ2) is 7.36.